The Morgan fingerprint density at radius 1 is 1.13 bits per heavy atom. The van der Waals surface area contributed by atoms with Crippen molar-refractivity contribution in [2.75, 3.05) is 13.7 Å². The summed E-state index contributed by atoms with van der Waals surface area (Å²) < 4.78 is 17.7. The minimum absolute atomic E-state index is 0.334. The molecule has 1 unspecified atom stereocenters. The molecule has 0 spiro atoms. The maximum atomic E-state index is 12.7. The Bertz CT molecular complexity index is 1080. The number of nitrogens with zero attached hydrogens (tertiary/aromatic N) is 1. The zero-order chi connectivity index (χ0) is 22.2. The average Bonchev–Trinajstić information content (AvgIpc) is 2.80. The van der Waals surface area contributed by atoms with Crippen molar-refractivity contribution in [3.05, 3.63) is 64.6 Å². The fraction of sp³-hybridized carbons (Fsp3) is 0.250. The molecule has 3 aromatic carbocycles. The summed E-state index contributed by atoms with van der Waals surface area (Å²) in [5, 5.41) is 6.20. The first-order chi connectivity index (χ1) is 15.1. The molecule has 0 bridgehead atoms. The van der Waals surface area contributed by atoms with Crippen LogP contribution in [0.4, 0.5) is 0 Å². The van der Waals surface area contributed by atoms with E-state index in [1.807, 2.05) is 56.3 Å². The fourth-order valence-electron chi connectivity index (χ4n) is 3.06. The first-order valence-electron chi connectivity index (χ1n) is 10.0. The largest absolute Gasteiger partial charge is 0.497 e. The van der Waals surface area contributed by atoms with Gasteiger partial charge < -0.3 is 14.2 Å². The summed E-state index contributed by atoms with van der Waals surface area (Å²) in [6.07, 6.45) is 1.33. The van der Waals surface area contributed by atoms with Gasteiger partial charge in [-0.3, -0.25) is 4.79 Å². The van der Waals surface area contributed by atoms with Gasteiger partial charge >= 0.3 is 0 Å². The highest BCUT2D eigenvalue weighted by molar-refractivity contribution is 9.10. The van der Waals surface area contributed by atoms with E-state index in [0.29, 0.717) is 35.8 Å². The van der Waals surface area contributed by atoms with Gasteiger partial charge in [-0.05, 0) is 64.3 Å². The van der Waals surface area contributed by atoms with E-state index < -0.39 is 6.10 Å². The van der Waals surface area contributed by atoms with Gasteiger partial charge in [0, 0.05) is 5.56 Å². The van der Waals surface area contributed by atoms with Crippen LogP contribution in [0.2, 0.25) is 0 Å². The van der Waals surface area contributed by atoms with Gasteiger partial charge in [0.2, 0.25) is 0 Å². The molecular weight excluding hydrogens is 460 g/mol. The van der Waals surface area contributed by atoms with Gasteiger partial charge in [-0.1, -0.05) is 37.3 Å². The van der Waals surface area contributed by atoms with Crippen molar-refractivity contribution in [1.29, 1.82) is 0 Å². The second-order valence-electron chi connectivity index (χ2n) is 6.68. The highest BCUT2D eigenvalue weighted by Crippen LogP contribution is 2.33. The lowest BCUT2D eigenvalue weighted by atomic mass is 10.1. The molecule has 31 heavy (non-hydrogen) atoms. The van der Waals surface area contributed by atoms with Crippen LogP contribution >= 0.6 is 15.9 Å². The van der Waals surface area contributed by atoms with Crippen LogP contribution < -0.4 is 19.6 Å². The van der Waals surface area contributed by atoms with Gasteiger partial charge in [-0.2, -0.15) is 5.10 Å². The number of rotatable bonds is 9. The van der Waals surface area contributed by atoms with E-state index in [1.54, 1.807) is 19.2 Å². The first kappa shape index (κ1) is 22.6. The van der Waals surface area contributed by atoms with E-state index >= 15 is 0 Å². The molecule has 0 aliphatic heterocycles. The second kappa shape index (κ2) is 10.8. The van der Waals surface area contributed by atoms with Crippen molar-refractivity contribution in [3.8, 4) is 17.2 Å². The van der Waals surface area contributed by atoms with Crippen molar-refractivity contribution in [2.24, 2.45) is 5.10 Å². The fourth-order valence-corrected chi connectivity index (χ4v) is 3.65. The molecule has 3 rings (SSSR count). The minimum Gasteiger partial charge on any atom is -0.497 e. The van der Waals surface area contributed by atoms with Crippen LogP contribution in [0.1, 0.15) is 25.8 Å². The Morgan fingerprint density at radius 2 is 1.90 bits per heavy atom. The predicted molar refractivity (Wildman–Crippen MR) is 126 cm³/mol. The number of hydrogen-bond donors (Lipinski definition) is 1. The van der Waals surface area contributed by atoms with Crippen LogP contribution in [-0.2, 0) is 4.79 Å². The van der Waals surface area contributed by atoms with Crippen LogP contribution in [0, 0.1) is 0 Å². The lowest BCUT2D eigenvalue weighted by Crippen LogP contribution is -2.35. The van der Waals surface area contributed by atoms with Gasteiger partial charge in [-0.15, -0.1) is 0 Å². The standard InChI is InChI=1S/C24H25BrN2O4/c1-4-20(31-22-12-10-16-8-6-7-9-19(16)23(22)25)24(28)27-26-15-17-14-18(29-3)11-13-21(17)30-5-2/h6-15,20H,4-5H2,1-3H3,(H,27,28). The molecule has 0 saturated carbocycles. The number of amides is 1. The molecule has 0 heterocycles. The van der Waals surface area contributed by atoms with E-state index in [2.05, 4.69) is 26.5 Å². The predicted octanol–water partition coefficient (Wildman–Crippen LogP) is 5.32. The molecule has 3 aromatic rings. The zero-order valence-corrected chi connectivity index (χ0v) is 19.3. The zero-order valence-electron chi connectivity index (χ0n) is 17.7. The summed E-state index contributed by atoms with van der Waals surface area (Å²) >= 11 is 3.60. The molecule has 0 fully saturated rings. The van der Waals surface area contributed by atoms with Crippen LogP contribution in [0.15, 0.2) is 64.2 Å². The Kier molecular flexibility index (Phi) is 7.89. The molecule has 7 heteroatoms. The van der Waals surface area contributed by atoms with Gasteiger partial charge in [-0.25, -0.2) is 5.43 Å². The van der Waals surface area contributed by atoms with Crippen molar-refractivity contribution < 1.29 is 19.0 Å². The Morgan fingerprint density at radius 3 is 2.65 bits per heavy atom. The lowest BCUT2D eigenvalue weighted by Gasteiger charge is -2.17. The van der Waals surface area contributed by atoms with E-state index in [9.17, 15) is 4.79 Å². The number of halogens is 1. The lowest BCUT2D eigenvalue weighted by molar-refractivity contribution is -0.128. The average molecular weight is 485 g/mol. The van der Waals surface area contributed by atoms with Crippen LogP contribution in [-0.4, -0.2) is 31.9 Å². The third-order valence-electron chi connectivity index (χ3n) is 4.66. The molecule has 0 saturated heterocycles. The molecule has 1 N–H and O–H groups in total. The smallest absolute Gasteiger partial charge is 0.281 e. The van der Waals surface area contributed by atoms with E-state index in [-0.39, 0.29) is 5.91 Å². The number of ether oxygens (including phenoxy) is 3. The number of hydrazone groups is 1. The Labute approximate surface area is 190 Å². The molecule has 162 valence electrons. The van der Waals surface area contributed by atoms with Gasteiger partial charge in [0.15, 0.2) is 6.10 Å². The number of carbonyl (C=O) groups excluding carboxylic acids is 1. The summed E-state index contributed by atoms with van der Waals surface area (Å²) in [7, 11) is 1.59. The number of fused-ring (bicyclic) bond motifs is 1. The van der Waals surface area contributed by atoms with Crippen molar-refractivity contribution in [2.45, 2.75) is 26.4 Å². The van der Waals surface area contributed by atoms with E-state index in [0.717, 1.165) is 15.2 Å². The molecule has 6 nitrogen and oxygen atoms in total. The third kappa shape index (κ3) is 5.55. The maximum Gasteiger partial charge on any atom is 0.281 e. The number of benzene rings is 3. The summed E-state index contributed by atoms with van der Waals surface area (Å²) in [6, 6.07) is 17.2. The monoisotopic (exact) mass is 484 g/mol. The normalized spacial score (nSPS) is 12.0. The molecule has 0 radical (unpaired) electrons. The molecule has 1 atom stereocenters. The van der Waals surface area contributed by atoms with Gasteiger partial charge in [0.1, 0.15) is 17.2 Å². The molecule has 1 amide bonds. The van der Waals surface area contributed by atoms with Crippen molar-refractivity contribution >= 4 is 38.8 Å². The minimum atomic E-state index is -0.689. The molecule has 0 aliphatic carbocycles. The Hall–Kier alpha value is -3.06. The van der Waals surface area contributed by atoms with Crippen LogP contribution in [0.3, 0.4) is 0 Å². The van der Waals surface area contributed by atoms with Crippen molar-refractivity contribution in [3.63, 3.8) is 0 Å². The highest BCUT2D eigenvalue weighted by atomic mass is 79.9. The number of nitrogens with one attached hydrogen (secondary N) is 1. The summed E-state index contributed by atoms with van der Waals surface area (Å²) in [4.78, 5) is 12.7. The highest BCUT2D eigenvalue weighted by Gasteiger charge is 2.20. The maximum absolute atomic E-state index is 12.7. The van der Waals surface area contributed by atoms with E-state index in [1.165, 1.54) is 6.21 Å². The van der Waals surface area contributed by atoms with Crippen LogP contribution in [0.5, 0.6) is 17.2 Å². The van der Waals surface area contributed by atoms with Crippen LogP contribution in [0.25, 0.3) is 10.8 Å². The second-order valence-corrected chi connectivity index (χ2v) is 7.48. The quantitative estimate of drug-likeness (QED) is 0.329. The number of methoxy groups -OCH3 is 1. The summed E-state index contributed by atoms with van der Waals surface area (Å²) in [5.41, 5.74) is 3.26. The SMILES string of the molecule is CCOc1ccc(OC)cc1C=NNC(=O)C(CC)Oc1ccc2ccccc2c1Br. The van der Waals surface area contributed by atoms with Gasteiger partial charge in [0.05, 0.1) is 24.4 Å². The molecular formula is C24H25BrN2O4. The molecule has 0 aliphatic rings. The van der Waals surface area contributed by atoms with E-state index in [4.69, 9.17) is 14.2 Å². The van der Waals surface area contributed by atoms with Gasteiger partial charge in [0.25, 0.3) is 5.91 Å². The first-order valence-corrected chi connectivity index (χ1v) is 10.8. The molecule has 0 aromatic heterocycles. The topological polar surface area (TPSA) is 69.2 Å². The third-order valence-corrected chi connectivity index (χ3v) is 5.47. The van der Waals surface area contributed by atoms with Crippen molar-refractivity contribution in [1.82, 2.24) is 5.43 Å². The number of hydrogen-bond acceptors (Lipinski definition) is 5. The number of carbonyl (C=O) groups is 1. The summed E-state index contributed by atoms with van der Waals surface area (Å²) in [5.74, 6) is 1.60. The Balaban J connectivity index is 1.71. The summed E-state index contributed by atoms with van der Waals surface area (Å²) in [6.45, 7) is 4.31.